The molecule has 0 spiro atoms. The van der Waals surface area contributed by atoms with Crippen molar-refractivity contribution in [3.05, 3.63) is 32.9 Å². The van der Waals surface area contributed by atoms with Gasteiger partial charge >= 0.3 is 5.97 Å². The standard InChI is InChI=1S/C16H14Cl3NO7/c1-26-15(24)16(25)5-27-11(12(16)22)14(23)20-10-3-9(18)8(17)2-6(10)7(4-21)13(20)19/h2-4,11-12,14,22-23,25H,5H2,1H3/t11-,12+,14?,16-/m0/s1. The van der Waals surface area contributed by atoms with Gasteiger partial charge < -0.3 is 29.4 Å². The van der Waals surface area contributed by atoms with Crippen molar-refractivity contribution in [3.63, 3.8) is 0 Å². The number of nitrogens with zero attached hydrogens (tertiary/aromatic N) is 1. The second-order valence-corrected chi connectivity index (χ2v) is 7.20. The molecule has 0 bridgehead atoms. The van der Waals surface area contributed by atoms with E-state index in [2.05, 4.69) is 4.74 Å². The lowest BCUT2D eigenvalue weighted by Gasteiger charge is -2.27. The van der Waals surface area contributed by atoms with Crippen LogP contribution in [0.3, 0.4) is 0 Å². The van der Waals surface area contributed by atoms with Gasteiger partial charge in [0.15, 0.2) is 12.5 Å². The van der Waals surface area contributed by atoms with Crippen LogP contribution in [-0.4, -0.2) is 63.7 Å². The van der Waals surface area contributed by atoms with Gasteiger partial charge in [0.05, 0.1) is 34.8 Å². The number of carbonyl (C=O) groups excluding carboxylic acids is 2. The van der Waals surface area contributed by atoms with Gasteiger partial charge in [-0.25, -0.2) is 4.79 Å². The number of hydrogen-bond acceptors (Lipinski definition) is 7. The van der Waals surface area contributed by atoms with Crippen LogP contribution >= 0.6 is 34.8 Å². The van der Waals surface area contributed by atoms with E-state index in [4.69, 9.17) is 39.5 Å². The van der Waals surface area contributed by atoms with Crippen molar-refractivity contribution in [2.75, 3.05) is 13.7 Å². The molecule has 4 atom stereocenters. The Bertz CT molecular complexity index is 931. The Labute approximate surface area is 167 Å². The number of aldehydes is 1. The van der Waals surface area contributed by atoms with Crippen molar-refractivity contribution in [3.8, 4) is 0 Å². The molecule has 27 heavy (non-hydrogen) atoms. The van der Waals surface area contributed by atoms with E-state index in [9.17, 15) is 24.9 Å². The Kier molecular flexibility index (Phi) is 5.44. The number of aliphatic hydroxyl groups excluding tert-OH is 2. The molecule has 1 fully saturated rings. The van der Waals surface area contributed by atoms with E-state index in [-0.39, 0.29) is 26.3 Å². The van der Waals surface area contributed by atoms with E-state index in [1.165, 1.54) is 12.1 Å². The zero-order valence-corrected chi connectivity index (χ0v) is 16.0. The number of aliphatic hydroxyl groups is 3. The maximum atomic E-state index is 11.8. The van der Waals surface area contributed by atoms with Crippen molar-refractivity contribution in [2.45, 2.75) is 24.0 Å². The summed E-state index contributed by atoms with van der Waals surface area (Å²) in [6, 6.07) is 2.80. The topological polar surface area (TPSA) is 118 Å². The number of esters is 1. The lowest BCUT2D eigenvalue weighted by atomic mass is 9.96. The molecule has 0 radical (unpaired) electrons. The maximum absolute atomic E-state index is 11.8. The number of ether oxygens (including phenoxy) is 2. The largest absolute Gasteiger partial charge is 0.467 e. The highest BCUT2D eigenvalue weighted by molar-refractivity contribution is 6.43. The van der Waals surface area contributed by atoms with Crippen molar-refractivity contribution < 1.29 is 34.4 Å². The zero-order chi connectivity index (χ0) is 20.1. The predicted octanol–water partition coefficient (Wildman–Crippen LogP) is 1.57. The molecule has 0 aliphatic carbocycles. The molecule has 146 valence electrons. The molecule has 0 amide bonds. The number of aromatic nitrogens is 1. The minimum absolute atomic E-state index is 0.0417. The fraction of sp³-hybridized carbons (Fsp3) is 0.375. The Balaban J connectivity index is 2.10. The molecule has 3 N–H and O–H groups in total. The molecule has 1 aromatic heterocycles. The van der Waals surface area contributed by atoms with E-state index >= 15 is 0 Å². The number of hydrogen-bond donors (Lipinski definition) is 3. The number of fused-ring (bicyclic) bond motifs is 1. The fourth-order valence-electron chi connectivity index (χ4n) is 3.09. The third kappa shape index (κ3) is 3.01. The predicted molar refractivity (Wildman–Crippen MR) is 96.3 cm³/mol. The molecule has 1 aliphatic rings. The summed E-state index contributed by atoms with van der Waals surface area (Å²) in [5.74, 6) is -1.11. The van der Waals surface area contributed by atoms with Crippen molar-refractivity contribution in [2.24, 2.45) is 0 Å². The molecule has 2 heterocycles. The van der Waals surface area contributed by atoms with Gasteiger partial charge in [-0.05, 0) is 12.1 Å². The van der Waals surface area contributed by atoms with Crippen LogP contribution in [0.4, 0.5) is 0 Å². The quantitative estimate of drug-likeness (QED) is 0.490. The van der Waals surface area contributed by atoms with Gasteiger partial charge in [-0.3, -0.25) is 4.79 Å². The SMILES string of the molecule is COC(=O)[C@]1(O)CO[C@H](C(O)n2c(Cl)c(C=O)c3cc(Cl)c(Cl)cc32)[C@H]1O. The molecule has 2 aromatic rings. The van der Waals surface area contributed by atoms with E-state index < -0.39 is 36.6 Å². The van der Waals surface area contributed by atoms with E-state index in [0.717, 1.165) is 11.7 Å². The van der Waals surface area contributed by atoms with E-state index in [0.29, 0.717) is 11.7 Å². The smallest absolute Gasteiger partial charge is 0.343 e. The third-order valence-corrected chi connectivity index (χ3v) is 5.64. The molecular formula is C16H14Cl3NO7. The maximum Gasteiger partial charge on any atom is 0.343 e. The highest BCUT2D eigenvalue weighted by Gasteiger charge is 2.57. The number of methoxy groups -OCH3 is 1. The molecular weight excluding hydrogens is 425 g/mol. The Morgan fingerprint density at radius 3 is 2.63 bits per heavy atom. The molecule has 3 rings (SSSR count). The first kappa shape index (κ1) is 20.3. The van der Waals surface area contributed by atoms with Gasteiger partial charge in [0.25, 0.3) is 0 Å². The molecule has 1 saturated heterocycles. The number of carbonyl (C=O) groups is 2. The van der Waals surface area contributed by atoms with Crippen LogP contribution in [-0.2, 0) is 14.3 Å². The van der Waals surface area contributed by atoms with Crippen LogP contribution in [0.2, 0.25) is 15.2 Å². The summed E-state index contributed by atoms with van der Waals surface area (Å²) in [6.07, 6.45) is -4.46. The lowest BCUT2D eigenvalue weighted by molar-refractivity contribution is -0.171. The summed E-state index contributed by atoms with van der Waals surface area (Å²) >= 11 is 18.2. The molecule has 11 heteroatoms. The molecule has 0 saturated carbocycles. The van der Waals surface area contributed by atoms with Gasteiger partial charge in [0.2, 0.25) is 5.60 Å². The van der Waals surface area contributed by atoms with Crippen LogP contribution in [0.1, 0.15) is 16.6 Å². The molecule has 1 aliphatic heterocycles. The van der Waals surface area contributed by atoms with Gasteiger partial charge in [-0.2, -0.15) is 0 Å². The summed E-state index contributed by atoms with van der Waals surface area (Å²) < 4.78 is 10.8. The van der Waals surface area contributed by atoms with Crippen molar-refractivity contribution in [1.82, 2.24) is 4.57 Å². The summed E-state index contributed by atoms with van der Waals surface area (Å²) in [5, 5.41) is 31.9. The average Bonchev–Trinajstić information content (AvgIpc) is 3.08. The van der Waals surface area contributed by atoms with Crippen LogP contribution in [0.25, 0.3) is 10.9 Å². The Morgan fingerprint density at radius 2 is 2.04 bits per heavy atom. The zero-order valence-electron chi connectivity index (χ0n) is 13.7. The Hall–Kier alpha value is -1.39. The van der Waals surface area contributed by atoms with Gasteiger partial charge in [-0.1, -0.05) is 34.8 Å². The minimum Gasteiger partial charge on any atom is -0.467 e. The van der Waals surface area contributed by atoms with Crippen LogP contribution < -0.4 is 0 Å². The number of rotatable bonds is 4. The Morgan fingerprint density at radius 1 is 1.41 bits per heavy atom. The van der Waals surface area contributed by atoms with Crippen molar-refractivity contribution >= 4 is 58.0 Å². The molecule has 1 aromatic carbocycles. The second kappa shape index (κ2) is 7.21. The van der Waals surface area contributed by atoms with Crippen LogP contribution in [0, 0.1) is 0 Å². The first-order chi connectivity index (χ1) is 12.7. The second-order valence-electron chi connectivity index (χ2n) is 6.03. The number of halogens is 3. The monoisotopic (exact) mass is 437 g/mol. The highest BCUT2D eigenvalue weighted by Crippen LogP contribution is 2.39. The van der Waals surface area contributed by atoms with Crippen LogP contribution in [0.5, 0.6) is 0 Å². The summed E-state index contributed by atoms with van der Waals surface area (Å²) in [5.41, 5.74) is -2.07. The third-order valence-electron chi connectivity index (χ3n) is 4.53. The molecule has 8 nitrogen and oxygen atoms in total. The summed E-state index contributed by atoms with van der Waals surface area (Å²) in [7, 11) is 1.04. The first-order valence-electron chi connectivity index (χ1n) is 7.59. The lowest BCUT2D eigenvalue weighted by Crippen LogP contribution is -2.52. The fourth-order valence-corrected chi connectivity index (χ4v) is 3.75. The first-order valence-corrected chi connectivity index (χ1v) is 8.73. The number of benzene rings is 1. The van der Waals surface area contributed by atoms with Gasteiger partial charge in [-0.15, -0.1) is 0 Å². The van der Waals surface area contributed by atoms with Gasteiger partial charge in [0.1, 0.15) is 17.4 Å². The van der Waals surface area contributed by atoms with Crippen LogP contribution in [0.15, 0.2) is 12.1 Å². The highest BCUT2D eigenvalue weighted by atomic mass is 35.5. The van der Waals surface area contributed by atoms with E-state index in [1.54, 1.807) is 0 Å². The van der Waals surface area contributed by atoms with Gasteiger partial charge in [0, 0.05) is 5.39 Å². The van der Waals surface area contributed by atoms with Crippen molar-refractivity contribution in [1.29, 1.82) is 0 Å². The normalized spacial score (nSPS) is 26.3. The summed E-state index contributed by atoms with van der Waals surface area (Å²) in [4.78, 5) is 23.2. The average molecular weight is 439 g/mol. The van der Waals surface area contributed by atoms with E-state index in [1.807, 2.05) is 0 Å². The minimum atomic E-state index is -2.36. The summed E-state index contributed by atoms with van der Waals surface area (Å²) in [6.45, 7) is -0.605. The molecule has 1 unspecified atom stereocenters.